The topological polar surface area (TPSA) is 70.1 Å². The maximum absolute atomic E-state index is 14.0. The first-order valence-electron chi connectivity index (χ1n) is 7.17. The number of para-hydroxylation sites is 1. The predicted octanol–water partition coefficient (Wildman–Crippen LogP) is 2.37. The molecule has 118 valence electrons. The van der Waals surface area contributed by atoms with Gasteiger partial charge >= 0.3 is 0 Å². The average molecular weight is 313 g/mol. The van der Waals surface area contributed by atoms with E-state index in [1.165, 1.54) is 17.7 Å². The molecule has 0 fully saturated rings. The zero-order valence-corrected chi connectivity index (χ0v) is 12.6. The Labute approximate surface area is 132 Å². The van der Waals surface area contributed by atoms with Crippen molar-refractivity contribution in [2.75, 3.05) is 12.8 Å². The predicted molar refractivity (Wildman–Crippen MR) is 87.1 cm³/mol. The van der Waals surface area contributed by atoms with E-state index in [-0.39, 0.29) is 23.9 Å². The Hall–Kier alpha value is -2.89. The lowest BCUT2D eigenvalue weighted by atomic mass is 10.1. The SMILES string of the molecule is COc1ccc(CCn2c(N)nc3ccccc3c2=O)c(F)c1. The number of aryl methyl sites for hydroxylation is 1. The molecule has 6 heteroatoms. The van der Waals surface area contributed by atoms with Crippen molar-refractivity contribution in [2.24, 2.45) is 0 Å². The molecule has 0 unspecified atom stereocenters. The summed E-state index contributed by atoms with van der Waals surface area (Å²) in [6.07, 6.45) is 0.333. The van der Waals surface area contributed by atoms with Crippen LogP contribution in [0.25, 0.3) is 10.9 Å². The number of ether oxygens (including phenoxy) is 1. The fourth-order valence-corrected chi connectivity index (χ4v) is 2.49. The van der Waals surface area contributed by atoms with Crippen molar-refractivity contribution in [2.45, 2.75) is 13.0 Å². The summed E-state index contributed by atoms with van der Waals surface area (Å²) in [6, 6.07) is 11.7. The van der Waals surface area contributed by atoms with Crippen LogP contribution < -0.4 is 16.0 Å². The molecule has 0 aliphatic carbocycles. The second-order valence-corrected chi connectivity index (χ2v) is 5.15. The van der Waals surface area contributed by atoms with Gasteiger partial charge < -0.3 is 10.5 Å². The number of fused-ring (bicyclic) bond motifs is 1. The van der Waals surface area contributed by atoms with Gasteiger partial charge in [0.15, 0.2) is 0 Å². The largest absolute Gasteiger partial charge is 0.497 e. The summed E-state index contributed by atoms with van der Waals surface area (Å²) >= 11 is 0. The van der Waals surface area contributed by atoms with Gasteiger partial charge in [0.25, 0.3) is 5.56 Å². The number of hydrogen-bond acceptors (Lipinski definition) is 4. The third-order valence-electron chi connectivity index (χ3n) is 3.76. The second-order valence-electron chi connectivity index (χ2n) is 5.15. The number of rotatable bonds is 4. The lowest BCUT2D eigenvalue weighted by Crippen LogP contribution is -2.25. The van der Waals surface area contributed by atoms with Gasteiger partial charge in [0, 0.05) is 12.6 Å². The van der Waals surface area contributed by atoms with Crippen molar-refractivity contribution in [1.82, 2.24) is 9.55 Å². The second kappa shape index (κ2) is 6.08. The molecule has 0 saturated heterocycles. The average Bonchev–Trinajstić information content (AvgIpc) is 2.55. The molecule has 1 heterocycles. The molecular weight excluding hydrogens is 297 g/mol. The van der Waals surface area contributed by atoms with Crippen LogP contribution in [0.5, 0.6) is 5.75 Å². The van der Waals surface area contributed by atoms with E-state index in [1.807, 2.05) is 0 Å². The third kappa shape index (κ3) is 2.88. The normalized spacial score (nSPS) is 10.9. The minimum Gasteiger partial charge on any atom is -0.497 e. The Morgan fingerprint density at radius 2 is 2.04 bits per heavy atom. The number of benzene rings is 2. The molecule has 0 spiro atoms. The molecule has 5 nitrogen and oxygen atoms in total. The summed E-state index contributed by atoms with van der Waals surface area (Å²) in [6.45, 7) is 0.256. The number of nitrogens with two attached hydrogens (primary N) is 1. The number of nitrogens with zero attached hydrogens (tertiary/aromatic N) is 2. The van der Waals surface area contributed by atoms with Crippen LogP contribution in [0.4, 0.5) is 10.3 Å². The summed E-state index contributed by atoms with van der Waals surface area (Å²) in [5, 5.41) is 0.497. The highest BCUT2D eigenvalue weighted by Crippen LogP contribution is 2.17. The van der Waals surface area contributed by atoms with E-state index < -0.39 is 0 Å². The first-order valence-corrected chi connectivity index (χ1v) is 7.17. The summed E-state index contributed by atoms with van der Waals surface area (Å²) in [4.78, 5) is 16.7. The van der Waals surface area contributed by atoms with E-state index in [2.05, 4.69) is 4.98 Å². The fourth-order valence-electron chi connectivity index (χ4n) is 2.49. The van der Waals surface area contributed by atoms with Crippen LogP contribution in [0.3, 0.4) is 0 Å². The Morgan fingerprint density at radius 1 is 1.26 bits per heavy atom. The summed E-state index contributed by atoms with van der Waals surface area (Å²) in [5.41, 5.74) is 6.70. The maximum Gasteiger partial charge on any atom is 0.262 e. The molecule has 2 aromatic carbocycles. The first kappa shape index (κ1) is 15.0. The number of methoxy groups -OCH3 is 1. The van der Waals surface area contributed by atoms with Crippen LogP contribution >= 0.6 is 0 Å². The van der Waals surface area contributed by atoms with Gasteiger partial charge in [0.05, 0.1) is 18.0 Å². The maximum atomic E-state index is 14.0. The molecule has 3 aromatic rings. The van der Waals surface area contributed by atoms with Crippen LogP contribution in [-0.2, 0) is 13.0 Å². The molecule has 2 N–H and O–H groups in total. The fraction of sp³-hybridized carbons (Fsp3) is 0.176. The van der Waals surface area contributed by atoms with E-state index >= 15 is 0 Å². The number of nitrogen functional groups attached to an aromatic ring is 1. The van der Waals surface area contributed by atoms with Gasteiger partial charge in [0.1, 0.15) is 11.6 Å². The summed E-state index contributed by atoms with van der Waals surface area (Å²) in [5.74, 6) is 0.211. The van der Waals surface area contributed by atoms with Gasteiger partial charge in [0.2, 0.25) is 5.95 Å². The van der Waals surface area contributed by atoms with Crippen molar-refractivity contribution in [3.8, 4) is 5.75 Å². The van der Waals surface area contributed by atoms with E-state index in [9.17, 15) is 9.18 Å². The molecule has 1 aromatic heterocycles. The molecular formula is C17H16FN3O2. The molecule has 0 atom stereocenters. The molecule has 23 heavy (non-hydrogen) atoms. The number of aromatic nitrogens is 2. The zero-order chi connectivity index (χ0) is 16.4. The number of anilines is 1. The van der Waals surface area contributed by atoms with Gasteiger partial charge in [-0.15, -0.1) is 0 Å². The number of halogens is 1. The highest BCUT2D eigenvalue weighted by molar-refractivity contribution is 5.78. The van der Waals surface area contributed by atoms with Gasteiger partial charge in [-0.05, 0) is 30.2 Å². The molecule has 0 amide bonds. The van der Waals surface area contributed by atoms with Crippen LogP contribution in [0.1, 0.15) is 5.56 Å². The van der Waals surface area contributed by atoms with E-state index in [0.717, 1.165) is 0 Å². The Bertz CT molecular complexity index is 921. The van der Waals surface area contributed by atoms with Crippen molar-refractivity contribution in [3.05, 3.63) is 64.2 Å². The minimum atomic E-state index is -0.371. The van der Waals surface area contributed by atoms with Crippen molar-refractivity contribution < 1.29 is 9.13 Å². The Kier molecular flexibility index (Phi) is 3.97. The summed E-state index contributed by atoms with van der Waals surface area (Å²) in [7, 11) is 1.48. The van der Waals surface area contributed by atoms with Gasteiger partial charge in [-0.3, -0.25) is 9.36 Å². The lowest BCUT2D eigenvalue weighted by Gasteiger charge is -2.11. The molecule has 0 radical (unpaired) electrons. The van der Waals surface area contributed by atoms with Crippen molar-refractivity contribution in [1.29, 1.82) is 0 Å². The quantitative estimate of drug-likeness (QED) is 0.803. The Balaban J connectivity index is 1.92. The lowest BCUT2D eigenvalue weighted by molar-refractivity contribution is 0.410. The zero-order valence-electron chi connectivity index (χ0n) is 12.6. The smallest absolute Gasteiger partial charge is 0.262 e. The monoisotopic (exact) mass is 313 g/mol. The molecule has 3 rings (SSSR count). The minimum absolute atomic E-state index is 0.127. The number of hydrogen-bond donors (Lipinski definition) is 1. The summed E-state index contributed by atoms with van der Waals surface area (Å²) < 4.78 is 20.3. The first-order chi connectivity index (χ1) is 11.1. The van der Waals surface area contributed by atoms with Gasteiger partial charge in [-0.2, -0.15) is 0 Å². The van der Waals surface area contributed by atoms with Crippen LogP contribution in [-0.4, -0.2) is 16.7 Å². The van der Waals surface area contributed by atoms with E-state index in [0.29, 0.717) is 28.6 Å². The Morgan fingerprint density at radius 3 is 2.78 bits per heavy atom. The van der Waals surface area contributed by atoms with Crippen molar-refractivity contribution >= 4 is 16.9 Å². The van der Waals surface area contributed by atoms with Crippen LogP contribution in [0.15, 0.2) is 47.3 Å². The highest BCUT2D eigenvalue weighted by Gasteiger charge is 2.10. The molecule has 0 bridgehead atoms. The van der Waals surface area contributed by atoms with E-state index in [1.54, 1.807) is 36.4 Å². The van der Waals surface area contributed by atoms with Gasteiger partial charge in [-0.1, -0.05) is 18.2 Å². The molecule has 0 aliphatic rings. The van der Waals surface area contributed by atoms with Crippen LogP contribution in [0, 0.1) is 5.82 Å². The van der Waals surface area contributed by atoms with E-state index in [4.69, 9.17) is 10.5 Å². The molecule has 0 saturated carbocycles. The van der Waals surface area contributed by atoms with Gasteiger partial charge in [-0.25, -0.2) is 9.37 Å². The van der Waals surface area contributed by atoms with Crippen LogP contribution in [0.2, 0.25) is 0 Å². The highest BCUT2D eigenvalue weighted by atomic mass is 19.1. The molecule has 0 aliphatic heterocycles. The standard InChI is InChI=1S/C17H16FN3O2/c1-23-12-7-6-11(14(18)10-12)8-9-21-16(22)13-4-2-3-5-15(13)20-17(21)19/h2-7,10H,8-9H2,1H3,(H2,19,20). The van der Waals surface area contributed by atoms with Crippen molar-refractivity contribution in [3.63, 3.8) is 0 Å². The third-order valence-corrected chi connectivity index (χ3v) is 3.76.